The first-order valence-corrected chi connectivity index (χ1v) is 11.8. The maximum Gasteiger partial charge on any atom is 0.240 e. The molecule has 0 aliphatic carbocycles. The van der Waals surface area contributed by atoms with Gasteiger partial charge in [0.25, 0.3) is 0 Å². The van der Waals surface area contributed by atoms with Crippen molar-refractivity contribution < 1.29 is 13.2 Å². The molecule has 1 fully saturated rings. The molecule has 5 nitrogen and oxygen atoms in total. The molecule has 1 N–H and O–H groups in total. The Morgan fingerprint density at radius 3 is 2.28 bits per heavy atom. The van der Waals surface area contributed by atoms with Gasteiger partial charge in [0.05, 0.1) is 11.5 Å². The van der Waals surface area contributed by atoms with E-state index in [1.165, 1.54) is 24.9 Å². The van der Waals surface area contributed by atoms with Crippen molar-refractivity contribution in [1.82, 2.24) is 9.62 Å². The first kappa shape index (κ1) is 22.0. The number of hydrogen-bond acceptors (Lipinski definition) is 4. The smallest absolute Gasteiger partial charge is 0.240 e. The Balaban J connectivity index is 1.62. The van der Waals surface area contributed by atoms with Crippen LogP contribution in [0, 0.1) is 0 Å². The Kier molecular flexibility index (Phi) is 7.46. The fraction of sp³-hybridized carbons (Fsp3) is 0.478. The van der Waals surface area contributed by atoms with Crippen LogP contribution in [0.4, 0.5) is 0 Å². The van der Waals surface area contributed by atoms with Crippen LogP contribution in [0.3, 0.4) is 0 Å². The zero-order chi connectivity index (χ0) is 20.9. The highest BCUT2D eigenvalue weighted by atomic mass is 32.2. The van der Waals surface area contributed by atoms with Crippen molar-refractivity contribution in [2.75, 3.05) is 26.8 Å². The largest absolute Gasteiger partial charge is 0.383 e. The quantitative estimate of drug-likeness (QED) is 0.677. The molecule has 29 heavy (non-hydrogen) atoms. The van der Waals surface area contributed by atoms with Gasteiger partial charge in [-0.15, -0.1) is 0 Å². The van der Waals surface area contributed by atoms with Crippen molar-refractivity contribution in [3.8, 4) is 11.1 Å². The van der Waals surface area contributed by atoms with E-state index in [2.05, 4.69) is 40.8 Å². The second-order valence-corrected chi connectivity index (χ2v) is 9.69. The minimum Gasteiger partial charge on any atom is -0.383 e. The summed E-state index contributed by atoms with van der Waals surface area (Å²) in [5.74, 6) is 0. The van der Waals surface area contributed by atoms with Gasteiger partial charge in [0.2, 0.25) is 10.0 Å². The van der Waals surface area contributed by atoms with Crippen molar-refractivity contribution in [2.24, 2.45) is 0 Å². The predicted molar refractivity (Wildman–Crippen MR) is 118 cm³/mol. The lowest BCUT2D eigenvalue weighted by atomic mass is 10.0. The molecule has 2 aromatic rings. The van der Waals surface area contributed by atoms with Crippen LogP contribution >= 0.6 is 0 Å². The normalized spacial score (nSPS) is 18.8. The molecule has 0 unspecified atom stereocenters. The van der Waals surface area contributed by atoms with Gasteiger partial charge in [-0.25, -0.2) is 13.1 Å². The van der Waals surface area contributed by atoms with Crippen molar-refractivity contribution in [1.29, 1.82) is 0 Å². The number of likely N-dealkylation sites (tertiary alicyclic amines) is 1. The standard InChI is InChI=1S/C23H32N2O3S/c1-18(17-28-3)24-29(26,27)23-12-10-22(11-13-23)21-8-6-20(7-9-21)14-16-25-15-4-5-19(25)2/h6-13,18-19,24H,4-5,14-17H2,1-3H3/t18-,19+/m0/s1. The average molecular weight is 417 g/mol. The molecule has 0 radical (unpaired) electrons. The third-order valence-electron chi connectivity index (χ3n) is 5.60. The molecule has 6 heteroatoms. The Morgan fingerprint density at radius 1 is 1.10 bits per heavy atom. The second-order valence-electron chi connectivity index (χ2n) is 7.98. The molecule has 0 aromatic heterocycles. The van der Waals surface area contributed by atoms with E-state index in [1.807, 2.05) is 12.1 Å². The zero-order valence-corrected chi connectivity index (χ0v) is 18.4. The van der Waals surface area contributed by atoms with E-state index in [1.54, 1.807) is 26.2 Å². The molecule has 1 saturated heterocycles. The molecule has 2 atom stereocenters. The van der Waals surface area contributed by atoms with Crippen molar-refractivity contribution in [3.05, 3.63) is 54.1 Å². The fourth-order valence-electron chi connectivity index (χ4n) is 3.90. The van der Waals surface area contributed by atoms with Gasteiger partial charge in [-0.1, -0.05) is 36.4 Å². The van der Waals surface area contributed by atoms with Crippen LogP contribution in [-0.2, 0) is 21.2 Å². The Labute approximate surface area is 175 Å². The second kappa shape index (κ2) is 9.85. The number of benzene rings is 2. The van der Waals surface area contributed by atoms with Crippen LogP contribution in [0.1, 0.15) is 32.3 Å². The molecule has 1 aliphatic heterocycles. The summed E-state index contributed by atoms with van der Waals surface area (Å²) < 4.78 is 32.5. The molecule has 3 rings (SSSR count). The van der Waals surface area contributed by atoms with Crippen LogP contribution in [0.25, 0.3) is 11.1 Å². The summed E-state index contributed by atoms with van der Waals surface area (Å²) in [6.07, 6.45) is 3.69. The Morgan fingerprint density at radius 2 is 1.72 bits per heavy atom. The lowest BCUT2D eigenvalue weighted by Crippen LogP contribution is -2.35. The molecule has 0 spiro atoms. The number of ether oxygens (including phenoxy) is 1. The summed E-state index contributed by atoms with van der Waals surface area (Å²) in [6, 6.07) is 16.0. The van der Waals surface area contributed by atoms with Crippen LogP contribution in [-0.4, -0.2) is 52.2 Å². The fourth-order valence-corrected chi connectivity index (χ4v) is 5.13. The first-order chi connectivity index (χ1) is 13.9. The maximum absolute atomic E-state index is 12.4. The van der Waals surface area contributed by atoms with Gasteiger partial charge in [0, 0.05) is 25.7 Å². The number of rotatable bonds is 9. The van der Waals surface area contributed by atoms with E-state index >= 15 is 0 Å². The summed E-state index contributed by atoms with van der Waals surface area (Å²) in [4.78, 5) is 2.83. The number of hydrogen-bond donors (Lipinski definition) is 1. The highest BCUT2D eigenvalue weighted by molar-refractivity contribution is 7.89. The topological polar surface area (TPSA) is 58.6 Å². The first-order valence-electron chi connectivity index (χ1n) is 10.3. The highest BCUT2D eigenvalue weighted by Gasteiger charge is 2.19. The molecule has 1 heterocycles. The van der Waals surface area contributed by atoms with Gasteiger partial charge in [0.15, 0.2) is 0 Å². The minimum absolute atomic E-state index is 0.264. The van der Waals surface area contributed by atoms with Gasteiger partial charge in [-0.3, -0.25) is 0 Å². The molecular weight excluding hydrogens is 384 g/mol. The van der Waals surface area contributed by atoms with Crippen LogP contribution < -0.4 is 4.72 Å². The predicted octanol–water partition coefficient (Wildman–Crippen LogP) is 3.69. The van der Waals surface area contributed by atoms with E-state index in [0.717, 1.165) is 24.1 Å². The van der Waals surface area contributed by atoms with Gasteiger partial charge in [-0.05, 0) is 68.5 Å². The average Bonchev–Trinajstić information content (AvgIpc) is 3.11. The summed E-state index contributed by atoms with van der Waals surface area (Å²) >= 11 is 0. The van der Waals surface area contributed by atoms with Crippen molar-refractivity contribution in [2.45, 2.75) is 50.1 Å². The number of sulfonamides is 1. The van der Waals surface area contributed by atoms with Gasteiger partial charge < -0.3 is 9.64 Å². The number of nitrogens with one attached hydrogen (secondary N) is 1. The van der Waals surface area contributed by atoms with Crippen molar-refractivity contribution in [3.63, 3.8) is 0 Å². The van der Waals surface area contributed by atoms with Gasteiger partial charge >= 0.3 is 0 Å². The van der Waals surface area contributed by atoms with Crippen molar-refractivity contribution >= 4 is 10.0 Å². The van der Waals surface area contributed by atoms with E-state index in [4.69, 9.17) is 4.74 Å². The van der Waals surface area contributed by atoms with E-state index < -0.39 is 10.0 Å². The molecule has 1 aliphatic rings. The molecule has 2 aromatic carbocycles. The minimum atomic E-state index is -3.54. The third-order valence-corrected chi connectivity index (χ3v) is 7.21. The van der Waals surface area contributed by atoms with Crippen LogP contribution in [0.15, 0.2) is 53.4 Å². The monoisotopic (exact) mass is 416 g/mol. The van der Waals surface area contributed by atoms with Gasteiger partial charge in [-0.2, -0.15) is 0 Å². The lowest BCUT2D eigenvalue weighted by molar-refractivity contribution is 0.180. The van der Waals surface area contributed by atoms with Crippen LogP contribution in [0.2, 0.25) is 0 Å². The van der Waals surface area contributed by atoms with Crippen LogP contribution in [0.5, 0.6) is 0 Å². The highest BCUT2D eigenvalue weighted by Crippen LogP contribution is 2.23. The lowest BCUT2D eigenvalue weighted by Gasteiger charge is -2.20. The zero-order valence-electron chi connectivity index (χ0n) is 17.6. The maximum atomic E-state index is 12.4. The van der Waals surface area contributed by atoms with E-state index in [9.17, 15) is 8.42 Å². The number of methoxy groups -OCH3 is 1. The third kappa shape index (κ3) is 5.89. The Hall–Kier alpha value is -1.73. The SMILES string of the molecule is COC[C@H](C)NS(=O)(=O)c1ccc(-c2ccc(CCN3CCC[C@H]3C)cc2)cc1. The molecular formula is C23H32N2O3S. The van der Waals surface area contributed by atoms with E-state index in [0.29, 0.717) is 12.6 Å². The summed E-state index contributed by atoms with van der Waals surface area (Å²) in [5.41, 5.74) is 3.44. The summed E-state index contributed by atoms with van der Waals surface area (Å²) in [6.45, 7) is 6.75. The molecule has 158 valence electrons. The number of nitrogens with zero attached hydrogens (tertiary/aromatic N) is 1. The molecule has 0 amide bonds. The molecule has 0 bridgehead atoms. The van der Waals surface area contributed by atoms with E-state index in [-0.39, 0.29) is 10.9 Å². The summed E-state index contributed by atoms with van der Waals surface area (Å²) in [5, 5.41) is 0. The van der Waals surface area contributed by atoms with Gasteiger partial charge in [0.1, 0.15) is 0 Å². The summed E-state index contributed by atoms with van der Waals surface area (Å²) in [7, 11) is -1.99. The molecule has 0 saturated carbocycles. The Bertz CT molecular complexity index is 879.